The summed E-state index contributed by atoms with van der Waals surface area (Å²) in [5.74, 6) is -0.0600. The van der Waals surface area contributed by atoms with Gasteiger partial charge in [0.05, 0.1) is 12.5 Å². The Morgan fingerprint density at radius 3 is 2.72 bits per heavy atom. The third-order valence-corrected chi connectivity index (χ3v) is 3.30. The highest BCUT2D eigenvalue weighted by Gasteiger charge is 2.33. The van der Waals surface area contributed by atoms with Crippen LogP contribution >= 0.6 is 0 Å². The molecule has 1 aliphatic heterocycles. The van der Waals surface area contributed by atoms with Gasteiger partial charge in [0.2, 0.25) is 5.91 Å². The van der Waals surface area contributed by atoms with Crippen molar-refractivity contribution in [1.82, 2.24) is 5.32 Å². The predicted molar refractivity (Wildman–Crippen MR) is 70.1 cm³/mol. The zero-order valence-corrected chi connectivity index (χ0v) is 10.7. The fourth-order valence-corrected chi connectivity index (χ4v) is 2.33. The maximum absolute atomic E-state index is 11.9. The van der Waals surface area contributed by atoms with Gasteiger partial charge in [-0.15, -0.1) is 0 Å². The van der Waals surface area contributed by atoms with Gasteiger partial charge >= 0.3 is 0 Å². The van der Waals surface area contributed by atoms with E-state index in [9.17, 15) is 4.79 Å². The number of anilines is 1. The molecule has 2 atom stereocenters. The van der Waals surface area contributed by atoms with E-state index < -0.39 is 0 Å². The van der Waals surface area contributed by atoms with Crippen molar-refractivity contribution >= 4 is 11.6 Å². The molecule has 2 unspecified atom stereocenters. The fraction of sp³-hybridized carbons (Fsp3) is 0.429. The van der Waals surface area contributed by atoms with Crippen LogP contribution in [0.3, 0.4) is 0 Å². The number of rotatable bonds is 2. The molecule has 4 heteroatoms. The molecule has 1 aromatic carbocycles. The quantitative estimate of drug-likeness (QED) is 0.858. The molecule has 1 fully saturated rings. The third-order valence-electron chi connectivity index (χ3n) is 3.30. The van der Waals surface area contributed by atoms with Crippen LogP contribution in [0.25, 0.3) is 0 Å². The molecule has 0 aromatic heterocycles. The first-order chi connectivity index (χ1) is 8.63. The highest BCUT2D eigenvalue weighted by Crippen LogP contribution is 2.24. The first-order valence-corrected chi connectivity index (χ1v) is 6.13. The fourth-order valence-electron chi connectivity index (χ4n) is 2.33. The molecule has 4 nitrogen and oxygen atoms in total. The number of nitrogens with one attached hydrogen (secondary N) is 1. The van der Waals surface area contributed by atoms with Crippen LogP contribution in [0.2, 0.25) is 0 Å². The summed E-state index contributed by atoms with van der Waals surface area (Å²) in [5.41, 5.74) is 2.19. The van der Waals surface area contributed by atoms with Gasteiger partial charge in [-0.2, -0.15) is 5.26 Å². The summed E-state index contributed by atoms with van der Waals surface area (Å²) >= 11 is 0. The number of piperazine rings is 1. The van der Waals surface area contributed by atoms with E-state index in [4.69, 9.17) is 5.26 Å². The smallest absolute Gasteiger partial charge is 0.243 e. The molecule has 0 saturated carbocycles. The summed E-state index contributed by atoms with van der Waals surface area (Å²) in [6, 6.07) is 9.98. The van der Waals surface area contributed by atoms with Gasteiger partial charge in [-0.1, -0.05) is 17.7 Å². The lowest BCUT2D eigenvalue weighted by Crippen LogP contribution is -2.59. The number of aryl methyl sites for hydroxylation is 1. The Hall–Kier alpha value is -2.02. The zero-order valence-electron chi connectivity index (χ0n) is 10.7. The average Bonchev–Trinajstić information content (AvgIpc) is 2.36. The monoisotopic (exact) mass is 243 g/mol. The van der Waals surface area contributed by atoms with E-state index in [0.29, 0.717) is 6.54 Å². The largest absolute Gasteiger partial charge is 0.354 e. The second-order valence-corrected chi connectivity index (χ2v) is 4.72. The summed E-state index contributed by atoms with van der Waals surface area (Å²) in [6.45, 7) is 4.71. The minimum Gasteiger partial charge on any atom is -0.354 e. The molecule has 1 N–H and O–H groups in total. The highest BCUT2D eigenvalue weighted by atomic mass is 16.2. The number of nitrogens with zero attached hydrogens (tertiary/aromatic N) is 2. The lowest BCUT2D eigenvalue weighted by molar-refractivity contribution is -0.123. The van der Waals surface area contributed by atoms with E-state index in [0.717, 1.165) is 5.69 Å². The summed E-state index contributed by atoms with van der Waals surface area (Å²) in [7, 11) is 0. The van der Waals surface area contributed by atoms with Crippen molar-refractivity contribution < 1.29 is 4.79 Å². The molecule has 1 aromatic rings. The standard InChI is InChI=1S/C14H17N3O/c1-10-3-5-12(6-4-10)17-11(2)9-16-14(18)13(17)7-8-15/h3-6,11,13H,7,9H2,1-2H3,(H,16,18). The minimum absolute atomic E-state index is 0.0600. The third kappa shape index (κ3) is 2.30. The van der Waals surface area contributed by atoms with Gasteiger partial charge in [-0.25, -0.2) is 0 Å². The van der Waals surface area contributed by atoms with Crippen LogP contribution in [0.5, 0.6) is 0 Å². The van der Waals surface area contributed by atoms with Gasteiger partial charge in [-0.3, -0.25) is 4.79 Å². The molecule has 0 radical (unpaired) electrons. The maximum Gasteiger partial charge on any atom is 0.243 e. The molecule has 0 aliphatic carbocycles. The Labute approximate surface area is 107 Å². The Morgan fingerprint density at radius 1 is 1.44 bits per heavy atom. The Bertz CT molecular complexity index is 475. The number of hydrogen-bond donors (Lipinski definition) is 1. The van der Waals surface area contributed by atoms with Crippen LogP contribution in [0.1, 0.15) is 18.9 Å². The van der Waals surface area contributed by atoms with E-state index in [-0.39, 0.29) is 24.4 Å². The second-order valence-electron chi connectivity index (χ2n) is 4.72. The minimum atomic E-state index is -0.388. The first-order valence-electron chi connectivity index (χ1n) is 6.13. The molecule has 0 spiro atoms. The van der Waals surface area contributed by atoms with E-state index in [1.54, 1.807) is 0 Å². The van der Waals surface area contributed by atoms with Gasteiger partial charge in [0, 0.05) is 18.3 Å². The molecule has 94 valence electrons. The Balaban J connectivity index is 2.33. The Morgan fingerprint density at radius 2 is 2.11 bits per heavy atom. The van der Waals surface area contributed by atoms with Crippen LogP contribution < -0.4 is 10.2 Å². The molecular weight excluding hydrogens is 226 g/mol. The summed E-state index contributed by atoms with van der Waals surface area (Å²) < 4.78 is 0. The maximum atomic E-state index is 11.9. The van der Waals surface area contributed by atoms with E-state index >= 15 is 0 Å². The van der Waals surface area contributed by atoms with Crippen molar-refractivity contribution in [2.24, 2.45) is 0 Å². The van der Waals surface area contributed by atoms with Crippen LogP contribution in [0, 0.1) is 18.3 Å². The van der Waals surface area contributed by atoms with E-state index in [2.05, 4.69) is 18.3 Å². The normalized spacial score (nSPS) is 23.4. The van der Waals surface area contributed by atoms with Gasteiger partial charge in [-0.05, 0) is 26.0 Å². The topological polar surface area (TPSA) is 56.1 Å². The Kier molecular flexibility index (Phi) is 3.52. The van der Waals surface area contributed by atoms with Crippen molar-refractivity contribution in [1.29, 1.82) is 5.26 Å². The number of carbonyl (C=O) groups is 1. The number of nitriles is 1. The number of carbonyl (C=O) groups excluding carboxylic acids is 1. The van der Waals surface area contributed by atoms with E-state index in [1.165, 1.54) is 5.56 Å². The van der Waals surface area contributed by atoms with Crippen LogP contribution in [0.4, 0.5) is 5.69 Å². The number of amides is 1. The molecule has 1 saturated heterocycles. The first kappa shape index (κ1) is 12.4. The molecule has 18 heavy (non-hydrogen) atoms. The summed E-state index contributed by atoms with van der Waals surface area (Å²) in [5, 5.41) is 11.7. The lowest BCUT2D eigenvalue weighted by atomic mass is 10.0. The highest BCUT2D eigenvalue weighted by molar-refractivity contribution is 5.87. The molecule has 2 rings (SSSR count). The van der Waals surface area contributed by atoms with Crippen LogP contribution in [-0.2, 0) is 4.79 Å². The van der Waals surface area contributed by atoms with Crippen molar-refractivity contribution in [2.45, 2.75) is 32.4 Å². The van der Waals surface area contributed by atoms with Gasteiger partial charge in [0.15, 0.2) is 0 Å². The zero-order chi connectivity index (χ0) is 13.1. The molecule has 1 heterocycles. The second kappa shape index (κ2) is 5.09. The van der Waals surface area contributed by atoms with Crippen LogP contribution in [-0.4, -0.2) is 24.5 Å². The van der Waals surface area contributed by atoms with Crippen molar-refractivity contribution in [3.05, 3.63) is 29.8 Å². The van der Waals surface area contributed by atoms with Crippen LogP contribution in [0.15, 0.2) is 24.3 Å². The summed E-state index contributed by atoms with van der Waals surface area (Å²) in [4.78, 5) is 13.9. The van der Waals surface area contributed by atoms with Crippen molar-refractivity contribution in [2.75, 3.05) is 11.4 Å². The lowest BCUT2D eigenvalue weighted by Gasteiger charge is -2.41. The van der Waals surface area contributed by atoms with E-state index in [1.807, 2.05) is 36.1 Å². The van der Waals surface area contributed by atoms with Gasteiger partial charge in [0.1, 0.15) is 6.04 Å². The summed E-state index contributed by atoms with van der Waals surface area (Å²) in [6.07, 6.45) is 0.212. The van der Waals surface area contributed by atoms with Gasteiger partial charge < -0.3 is 10.2 Å². The van der Waals surface area contributed by atoms with Crippen molar-refractivity contribution in [3.63, 3.8) is 0 Å². The van der Waals surface area contributed by atoms with Crippen molar-refractivity contribution in [3.8, 4) is 6.07 Å². The number of hydrogen-bond acceptors (Lipinski definition) is 3. The number of benzene rings is 1. The SMILES string of the molecule is Cc1ccc(N2C(C)CNC(=O)C2CC#N)cc1. The molecular formula is C14H17N3O. The van der Waals surface area contributed by atoms with Gasteiger partial charge in [0.25, 0.3) is 0 Å². The predicted octanol–water partition coefficient (Wildman–Crippen LogP) is 1.60. The average molecular weight is 243 g/mol. The molecule has 0 bridgehead atoms. The molecule has 1 amide bonds. The molecule has 1 aliphatic rings.